The Hall–Kier alpha value is -1.57. The first kappa shape index (κ1) is 8.05. The zero-order chi connectivity index (χ0) is 9.26. The Balaban J connectivity index is 2.84. The maximum absolute atomic E-state index is 5.87. The van der Waals surface area contributed by atoms with Gasteiger partial charge < -0.3 is 5.73 Å². The van der Waals surface area contributed by atoms with Crippen molar-refractivity contribution in [2.24, 2.45) is 0 Å². The highest BCUT2D eigenvalue weighted by molar-refractivity contribution is 5.86. The molecule has 0 unspecified atom stereocenters. The molecule has 0 radical (unpaired) electrons. The van der Waals surface area contributed by atoms with E-state index in [1.54, 1.807) is 6.20 Å². The van der Waals surface area contributed by atoms with E-state index in [1.165, 1.54) is 10.9 Å². The van der Waals surface area contributed by atoms with Crippen molar-refractivity contribution in [3.05, 3.63) is 36.0 Å². The molecule has 0 aliphatic rings. The van der Waals surface area contributed by atoms with Gasteiger partial charge in [0, 0.05) is 17.3 Å². The summed E-state index contributed by atoms with van der Waals surface area (Å²) < 4.78 is 0. The van der Waals surface area contributed by atoms with Crippen LogP contribution < -0.4 is 5.73 Å². The molecule has 2 aromatic rings. The van der Waals surface area contributed by atoms with E-state index in [0.717, 1.165) is 17.6 Å². The topological polar surface area (TPSA) is 38.9 Å². The number of nitrogen functional groups attached to an aromatic ring is 1. The first-order valence-electron chi connectivity index (χ1n) is 4.45. The molecule has 0 amide bonds. The summed E-state index contributed by atoms with van der Waals surface area (Å²) in [4.78, 5) is 4.28. The summed E-state index contributed by atoms with van der Waals surface area (Å²) in [7, 11) is 0. The van der Waals surface area contributed by atoms with Crippen LogP contribution in [0, 0.1) is 0 Å². The molecular weight excluding hydrogens is 160 g/mol. The van der Waals surface area contributed by atoms with Crippen LogP contribution in [0.15, 0.2) is 30.5 Å². The maximum Gasteiger partial charge on any atom is 0.0706 e. The number of rotatable bonds is 1. The van der Waals surface area contributed by atoms with Crippen LogP contribution in [0.3, 0.4) is 0 Å². The van der Waals surface area contributed by atoms with Crippen molar-refractivity contribution in [3.8, 4) is 0 Å². The number of benzene rings is 1. The number of aromatic nitrogens is 1. The Labute approximate surface area is 77.4 Å². The summed E-state index contributed by atoms with van der Waals surface area (Å²) in [5, 5.41) is 1.17. The Morgan fingerprint density at radius 2 is 2.15 bits per heavy atom. The smallest absolute Gasteiger partial charge is 0.0706 e. The number of fused-ring (bicyclic) bond motifs is 1. The lowest BCUT2D eigenvalue weighted by molar-refractivity contribution is 1.16. The van der Waals surface area contributed by atoms with Crippen LogP contribution in [0.25, 0.3) is 10.9 Å². The maximum atomic E-state index is 5.87. The fourth-order valence-electron chi connectivity index (χ4n) is 1.62. The lowest BCUT2D eigenvalue weighted by Gasteiger charge is -2.06. The highest BCUT2D eigenvalue weighted by atomic mass is 14.7. The highest BCUT2D eigenvalue weighted by Crippen LogP contribution is 2.22. The SMILES string of the molecule is CCc1c(N)ccc2ncccc12. The predicted octanol–water partition coefficient (Wildman–Crippen LogP) is 2.38. The van der Waals surface area contributed by atoms with Gasteiger partial charge in [-0.25, -0.2) is 0 Å². The van der Waals surface area contributed by atoms with E-state index in [-0.39, 0.29) is 0 Å². The van der Waals surface area contributed by atoms with Crippen molar-refractivity contribution in [2.75, 3.05) is 5.73 Å². The third-order valence-electron chi connectivity index (χ3n) is 2.29. The van der Waals surface area contributed by atoms with Crippen LogP contribution in [-0.2, 0) is 6.42 Å². The second-order valence-corrected chi connectivity index (χ2v) is 3.06. The van der Waals surface area contributed by atoms with E-state index in [2.05, 4.69) is 18.0 Å². The number of nitrogens with zero attached hydrogens (tertiary/aromatic N) is 1. The van der Waals surface area contributed by atoms with E-state index in [9.17, 15) is 0 Å². The zero-order valence-electron chi connectivity index (χ0n) is 7.62. The molecular formula is C11H12N2. The molecule has 0 fully saturated rings. The first-order chi connectivity index (χ1) is 6.33. The molecule has 1 aromatic carbocycles. The Morgan fingerprint density at radius 3 is 2.92 bits per heavy atom. The quantitative estimate of drug-likeness (QED) is 0.671. The van der Waals surface area contributed by atoms with Crippen molar-refractivity contribution in [1.29, 1.82) is 0 Å². The van der Waals surface area contributed by atoms with Crippen molar-refractivity contribution in [1.82, 2.24) is 4.98 Å². The van der Waals surface area contributed by atoms with Crippen molar-refractivity contribution in [2.45, 2.75) is 13.3 Å². The van der Waals surface area contributed by atoms with Crippen LogP contribution in [0.1, 0.15) is 12.5 Å². The molecule has 66 valence electrons. The number of hydrogen-bond donors (Lipinski definition) is 1. The Morgan fingerprint density at radius 1 is 1.31 bits per heavy atom. The normalized spacial score (nSPS) is 10.5. The molecule has 0 atom stereocenters. The summed E-state index contributed by atoms with van der Waals surface area (Å²) >= 11 is 0. The van der Waals surface area contributed by atoms with Gasteiger partial charge in [0.2, 0.25) is 0 Å². The number of aryl methyl sites for hydroxylation is 1. The van der Waals surface area contributed by atoms with E-state index < -0.39 is 0 Å². The second kappa shape index (κ2) is 3.05. The van der Waals surface area contributed by atoms with E-state index in [4.69, 9.17) is 5.73 Å². The number of hydrogen-bond acceptors (Lipinski definition) is 2. The standard InChI is InChI=1S/C11H12N2/c1-2-8-9-4-3-7-13-11(9)6-5-10(8)12/h3-7H,2,12H2,1H3. The largest absolute Gasteiger partial charge is 0.398 e. The van der Waals surface area contributed by atoms with E-state index in [0.29, 0.717) is 0 Å². The highest BCUT2D eigenvalue weighted by Gasteiger charge is 2.02. The van der Waals surface area contributed by atoms with Gasteiger partial charge in [0.1, 0.15) is 0 Å². The monoisotopic (exact) mass is 172 g/mol. The van der Waals surface area contributed by atoms with Gasteiger partial charge in [-0.05, 0) is 30.2 Å². The molecule has 2 N–H and O–H groups in total. The Kier molecular flexibility index (Phi) is 1.89. The fourth-order valence-corrected chi connectivity index (χ4v) is 1.62. The summed E-state index contributed by atoms with van der Waals surface area (Å²) in [6.45, 7) is 2.11. The van der Waals surface area contributed by atoms with Crippen LogP contribution in [0.5, 0.6) is 0 Å². The van der Waals surface area contributed by atoms with Crippen molar-refractivity contribution in [3.63, 3.8) is 0 Å². The van der Waals surface area contributed by atoms with Crippen LogP contribution in [-0.4, -0.2) is 4.98 Å². The average molecular weight is 172 g/mol. The summed E-state index contributed by atoms with van der Waals surface area (Å²) in [5.74, 6) is 0. The van der Waals surface area contributed by atoms with Gasteiger partial charge in [-0.3, -0.25) is 4.98 Å². The van der Waals surface area contributed by atoms with E-state index >= 15 is 0 Å². The molecule has 1 heterocycles. The summed E-state index contributed by atoms with van der Waals surface area (Å²) in [5.41, 5.74) is 8.95. The predicted molar refractivity (Wildman–Crippen MR) is 55.5 cm³/mol. The molecule has 2 rings (SSSR count). The van der Waals surface area contributed by atoms with Gasteiger partial charge in [-0.15, -0.1) is 0 Å². The van der Waals surface area contributed by atoms with Gasteiger partial charge in [0.15, 0.2) is 0 Å². The van der Waals surface area contributed by atoms with Gasteiger partial charge >= 0.3 is 0 Å². The molecule has 0 spiro atoms. The van der Waals surface area contributed by atoms with Gasteiger partial charge in [-0.2, -0.15) is 0 Å². The summed E-state index contributed by atoms with van der Waals surface area (Å²) in [6, 6.07) is 7.90. The zero-order valence-corrected chi connectivity index (χ0v) is 7.62. The second-order valence-electron chi connectivity index (χ2n) is 3.06. The number of anilines is 1. The minimum absolute atomic E-state index is 0.864. The molecule has 0 saturated heterocycles. The van der Waals surface area contributed by atoms with Crippen LogP contribution in [0.2, 0.25) is 0 Å². The number of nitrogens with two attached hydrogens (primary N) is 1. The molecule has 13 heavy (non-hydrogen) atoms. The van der Waals surface area contributed by atoms with Crippen molar-refractivity contribution < 1.29 is 0 Å². The van der Waals surface area contributed by atoms with Crippen molar-refractivity contribution >= 4 is 16.6 Å². The lowest BCUT2D eigenvalue weighted by Crippen LogP contribution is -1.94. The fraction of sp³-hybridized carbons (Fsp3) is 0.182. The number of pyridine rings is 1. The third-order valence-corrected chi connectivity index (χ3v) is 2.29. The molecule has 1 aromatic heterocycles. The molecule has 0 aliphatic carbocycles. The van der Waals surface area contributed by atoms with E-state index in [1.807, 2.05) is 18.2 Å². The molecule has 0 aliphatic heterocycles. The molecule has 2 heteroatoms. The van der Waals surface area contributed by atoms with Gasteiger partial charge in [0.25, 0.3) is 0 Å². The van der Waals surface area contributed by atoms with Crippen LogP contribution >= 0.6 is 0 Å². The first-order valence-corrected chi connectivity index (χ1v) is 4.45. The van der Waals surface area contributed by atoms with Crippen LogP contribution in [0.4, 0.5) is 5.69 Å². The molecule has 0 saturated carbocycles. The molecule has 2 nitrogen and oxygen atoms in total. The lowest BCUT2D eigenvalue weighted by atomic mass is 10.0. The Bertz CT molecular complexity index is 435. The minimum Gasteiger partial charge on any atom is -0.398 e. The summed E-state index contributed by atoms with van der Waals surface area (Å²) in [6.07, 6.45) is 2.76. The minimum atomic E-state index is 0.864. The molecule has 0 bridgehead atoms. The van der Waals surface area contributed by atoms with Gasteiger partial charge in [0.05, 0.1) is 5.52 Å². The third kappa shape index (κ3) is 1.24. The van der Waals surface area contributed by atoms with Gasteiger partial charge in [-0.1, -0.05) is 13.0 Å². The average Bonchev–Trinajstić information content (AvgIpc) is 2.18.